The van der Waals surface area contributed by atoms with Crippen LogP contribution in [0.25, 0.3) is 0 Å². The highest BCUT2D eigenvalue weighted by Gasteiger charge is 2.34. The van der Waals surface area contributed by atoms with Crippen LogP contribution in [0.3, 0.4) is 0 Å². The smallest absolute Gasteiger partial charge is 0.120 e. The molecule has 0 aliphatic heterocycles. The Morgan fingerprint density at radius 1 is 1.32 bits per heavy atom. The van der Waals surface area contributed by atoms with Crippen LogP contribution >= 0.6 is 0 Å². The zero-order valence-corrected chi connectivity index (χ0v) is 12.7. The van der Waals surface area contributed by atoms with Crippen LogP contribution in [0.1, 0.15) is 71.1 Å². The summed E-state index contributed by atoms with van der Waals surface area (Å²) >= 11 is 0. The molecule has 19 heavy (non-hydrogen) atoms. The number of hydrogen-bond donors (Lipinski definition) is 1. The fourth-order valence-electron chi connectivity index (χ4n) is 3.72. The van der Waals surface area contributed by atoms with Crippen LogP contribution < -0.4 is 5.32 Å². The summed E-state index contributed by atoms with van der Waals surface area (Å²) in [6.07, 6.45) is 9.83. The lowest BCUT2D eigenvalue weighted by Gasteiger charge is -2.33. The van der Waals surface area contributed by atoms with Gasteiger partial charge >= 0.3 is 0 Å². The van der Waals surface area contributed by atoms with E-state index in [0.29, 0.717) is 11.5 Å². The van der Waals surface area contributed by atoms with Crippen molar-refractivity contribution in [1.82, 2.24) is 5.32 Å². The molecule has 1 unspecified atom stereocenters. The first-order valence-electron chi connectivity index (χ1n) is 7.92. The summed E-state index contributed by atoms with van der Waals surface area (Å²) in [5.74, 6) is 1.88. The molecule has 0 radical (unpaired) electrons. The molecule has 108 valence electrons. The van der Waals surface area contributed by atoms with Gasteiger partial charge in [0, 0.05) is 6.54 Å². The third kappa shape index (κ3) is 3.85. The monoisotopic (exact) mass is 263 g/mol. The highest BCUT2D eigenvalue weighted by Crippen LogP contribution is 2.43. The molecule has 2 heteroatoms. The van der Waals surface area contributed by atoms with Crippen molar-refractivity contribution >= 4 is 0 Å². The van der Waals surface area contributed by atoms with Gasteiger partial charge in [0.25, 0.3) is 0 Å². The van der Waals surface area contributed by atoms with E-state index < -0.39 is 0 Å². The highest BCUT2D eigenvalue weighted by molar-refractivity contribution is 5.04. The molecule has 1 atom stereocenters. The number of rotatable bonds is 7. The Bertz CT molecular complexity index is 349. The summed E-state index contributed by atoms with van der Waals surface area (Å²) in [4.78, 5) is 0. The Labute approximate surface area is 118 Å². The number of nitrogens with one attached hydrogen (secondary N) is 1. The average molecular weight is 263 g/mol. The van der Waals surface area contributed by atoms with Crippen molar-refractivity contribution in [2.24, 2.45) is 11.3 Å². The van der Waals surface area contributed by atoms with Gasteiger partial charge in [-0.25, -0.2) is 0 Å². The lowest BCUT2D eigenvalue weighted by Crippen LogP contribution is -2.35. The molecule has 1 aliphatic rings. The van der Waals surface area contributed by atoms with E-state index in [-0.39, 0.29) is 0 Å². The molecule has 0 amide bonds. The van der Waals surface area contributed by atoms with Gasteiger partial charge in [0.05, 0.1) is 12.3 Å². The third-order valence-electron chi connectivity index (χ3n) is 4.52. The minimum Gasteiger partial charge on any atom is -0.468 e. The van der Waals surface area contributed by atoms with Gasteiger partial charge in [0.2, 0.25) is 0 Å². The molecule has 0 aromatic carbocycles. The number of furan rings is 1. The van der Waals surface area contributed by atoms with E-state index in [1.807, 2.05) is 6.07 Å². The molecule has 0 bridgehead atoms. The van der Waals surface area contributed by atoms with Crippen molar-refractivity contribution in [2.45, 2.75) is 65.3 Å². The Morgan fingerprint density at radius 3 is 2.58 bits per heavy atom. The van der Waals surface area contributed by atoms with Gasteiger partial charge in [-0.3, -0.25) is 0 Å². The fourth-order valence-corrected chi connectivity index (χ4v) is 3.72. The molecule has 2 rings (SSSR count). The van der Waals surface area contributed by atoms with Crippen LogP contribution in [0.15, 0.2) is 22.8 Å². The average Bonchev–Trinajstić information content (AvgIpc) is 3.01. The van der Waals surface area contributed by atoms with E-state index >= 15 is 0 Å². The molecule has 1 aromatic rings. The number of hydrogen-bond acceptors (Lipinski definition) is 2. The Kier molecular flexibility index (Phi) is 5.09. The molecule has 1 heterocycles. The summed E-state index contributed by atoms with van der Waals surface area (Å²) in [7, 11) is 0. The van der Waals surface area contributed by atoms with E-state index in [4.69, 9.17) is 4.42 Å². The minimum absolute atomic E-state index is 0.375. The fraction of sp³-hybridized carbons (Fsp3) is 0.765. The molecule has 1 aliphatic carbocycles. The molecule has 0 spiro atoms. The lowest BCUT2D eigenvalue weighted by atomic mass is 9.78. The first-order valence-corrected chi connectivity index (χ1v) is 7.92. The maximum Gasteiger partial charge on any atom is 0.120 e. The molecule has 0 saturated heterocycles. The van der Waals surface area contributed by atoms with E-state index in [1.165, 1.54) is 32.1 Å². The molecular weight excluding hydrogens is 234 g/mol. The summed E-state index contributed by atoms with van der Waals surface area (Å²) < 4.78 is 5.55. The first kappa shape index (κ1) is 14.6. The third-order valence-corrected chi connectivity index (χ3v) is 4.52. The predicted octanol–water partition coefficient (Wildman–Crippen LogP) is 4.93. The van der Waals surface area contributed by atoms with E-state index in [2.05, 4.69) is 32.2 Å². The topological polar surface area (TPSA) is 25.2 Å². The summed E-state index contributed by atoms with van der Waals surface area (Å²) in [5, 5.41) is 3.77. The standard InChI is InChI=1S/C17H29NO/c1-4-15(16-8-7-11-19-16)18-13-17(12-14(2)3)9-5-6-10-17/h7-8,11,14-15,18H,4-6,9-10,12-13H2,1-3H3. The maximum absolute atomic E-state index is 5.55. The van der Waals surface area contributed by atoms with Gasteiger partial charge in [0.1, 0.15) is 5.76 Å². The predicted molar refractivity (Wildman–Crippen MR) is 80.1 cm³/mol. The van der Waals surface area contributed by atoms with Gasteiger partial charge < -0.3 is 9.73 Å². The van der Waals surface area contributed by atoms with Crippen molar-refractivity contribution in [3.63, 3.8) is 0 Å². The van der Waals surface area contributed by atoms with Crippen LogP contribution in [0.2, 0.25) is 0 Å². The maximum atomic E-state index is 5.55. The first-order chi connectivity index (χ1) is 9.15. The molecular formula is C17H29NO. The summed E-state index contributed by atoms with van der Waals surface area (Å²) in [5.41, 5.74) is 0.536. The zero-order chi connectivity index (χ0) is 13.7. The Balaban J connectivity index is 1.94. The van der Waals surface area contributed by atoms with E-state index in [9.17, 15) is 0 Å². The van der Waals surface area contributed by atoms with Gasteiger partial charge in [0.15, 0.2) is 0 Å². The second-order valence-corrected chi connectivity index (χ2v) is 6.66. The van der Waals surface area contributed by atoms with Crippen molar-refractivity contribution in [2.75, 3.05) is 6.54 Å². The largest absolute Gasteiger partial charge is 0.468 e. The second-order valence-electron chi connectivity index (χ2n) is 6.66. The van der Waals surface area contributed by atoms with Gasteiger partial charge in [-0.15, -0.1) is 0 Å². The van der Waals surface area contributed by atoms with Crippen LogP contribution in [0.4, 0.5) is 0 Å². The van der Waals surface area contributed by atoms with Crippen molar-refractivity contribution in [3.05, 3.63) is 24.2 Å². The quantitative estimate of drug-likeness (QED) is 0.754. The van der Waals surface area contributed by atoms with Crippen LogP contribution in [0, 0.1) is 11.3 Å². The Hall–Kier alpha value is -0.760. The highest BCUT2D eigenvalue weighted by atomic mass is 16.3. The summed E-state index contributed by atoms with van der Waals surface area (Å²) in [6.45, 7) is 8.07. The molecule has 1 aromatic heterocycles. The van der Waals surface area contributed by atoms with Crippen LogP contribution in [-0.4, -0.2) is 6.54 Å². The van der Waals surface area contributed by atoms with Gasteiger partial charge in [-0.2, -0.15) is 0 Å². The van der Waals surface area contributed by atoms with Crippen LogP contribution in [-0.2, 0) is 0 Å². The van der Waals surface area contributed by atoms with Crippen molar-refractivity contribution in [1.29, 1.82) is 0 Å². The van der Waals surface area contributed by atoms with E-state index in [1.54, 1.807) is 6.26 Å². The minimum atomic E-state index is 0.375. The van der Waals surface area contributed by atoms with E-state index in [0.717, 1.165) is 24.6 Å². The molecule has 1 saturated carbocycles. The molecule has 1 N–H and O–H groups in total. The SMILES string of the molecule is CCC(NCC1(CC(C)C)CCCC1)c1ccco1. The molecule has 1 fully saturated rings. The Morgan fingerprint density at radius 2 is 2.05 bits per heavy atom. The lowest BCUT2D eigenvalue weighted by molar-refractivity contribution is 0.209. The van der Waals surface area contributed by atoms with Crippen molar-refractivity contribution < 1.29 is 4.42 Å². The summed E-state index contributed by atoms with van der Waals surface area (Å²) in [6, 6.07) is 4.45. The zero-order valence-electron chi connectivity index (χ0n) is 12.7. The van der Waals surface area contributed by atoms with Gasteiger partial charge in [-0.1, -0.05) is 33.6 Å². The van der Waals surface area contributed by atoms with Gasteiger partial charge in [-0.05, 0) is 49.1 Å². The van der Waals surface area contributed by atoms with Crippen LogP contribution in [0.5, 0.6) is 0 Å². The second kappa shape index (κ2) is 6.60. The normalized spacial score (nSPS) is 20.0. The van der Waals surface area contributed by atoms with Crippen molar-refractivity contribution in [3.8, 4) is 0 Å². The molecule has 2 nitrogen and oxygen atoms in total.